The Morgan fingerprint density at radius 3 is 2.75 bits per heavy atom. The molecule has 0 spiro atoms. The number of ether oxygens (including phenoxy) is 1. The second-order valence-corrected chi connectivity index (χ2v) is 5.21. The molecule has 0 radical (unpaired) electrons. The van der Waals surface area contributed by atoms with Gasteiger partial charge < -0.3 is 10.5 Å². The van der Waals surface area contributed by atoms with Crippen molar-refractivity contribution in [3.8, 4) is 5.75 Å². The first-order chi connectivity index (χ1) is 9.49. The molecule has 0 heterocycles. The molecule has 0 aromatic heterocycles. The molecule has 2 aromatic rings. The van der Waals surface area contributed by atoms with Crippen molar-refractivity contribution in [1.29, 1.82) is 0 Å². The van der Waals surface area contributed by atoms with Crippen LogP contribution in [0.15, 0.2) is 36.4 Å². The Labute approximate surface area is 123 Å². The number of halogens is 2. The Kier molecular flexibility index (Phi) is 4.63. The highest BCUT2D eigenvalue weighted by Gasteiger charge is 2.11. The average Bonchev–Trinajstić information content (AvgIpc) is 2.41. The van der Waals surface area contributed by atoms with Gasteiger partial charge in [0, 0.05) is 17.2 Å². The van der Waals surface area contributed by atoms with Crippen molar-refractivity contribution in [1.82, 2.24) is 0 Å². The van der Waals surface area contributed by atoms with Gasteiger partial charge in [-0.05, 0) is 26.0 Å². The highest BCUT2D eigenvalue weighted by atomic mass is 35.5. The van der Waals surface area contributed by atoms with Crippen LogP contribution >= 0.6 is 11.6 Å². The topological polar surface area (TPSA) is 35.2 Å². The van der Waals surface area contributed by atoms with Crippen molar-refractivity contribution >= 4 is 11.6 Å². The maximum Gasteiger partial charge on any atom is 0.142 e. The van der Waals surface area contributed by atoms with Gasteiger partial charge in [0.05, 0.1) is 5.02 Å². The van der Waals surface area contributed by atoms with E-state index in [1.165, 1.54) is 6.07 Å². The molecule has 0 saturated heterocycles. The van der Waals surface area contributed by atoms with E-state index in [0.717, 1.165) is 11.1 Å². The van der Waals surface area contributed by atoms with Crippen LogP contribution < -0.4 is 10.5 Å². The number of benzene rings is 2. The molecule has 106 valence electrons. The number of hydrogen-bond donors (Lipinski definition) is 1. The third kappa shape index (κ3) is 3.30. The zero-order valence-corrected chi connectivity index (χ0v) is 12.2. The average molecular weight is 294 g/mol. The first-order valence-corrected chi connectivity index (χ1v) is 6.78. The highest BCUT2D eigenvalue weighted by Crippen LogP contribution is 2.27. The van der Waals surface area contributed by atoms with E-state index >= 15 is 0 Å². The van der Waals surface area contributed by atoms with Crippen LogP contribution in [0.25, 0.3) is 0 Å². The lowest BCUT2D eigenvalue weighted by atomic mass is 10.1. The number of nitrogens with two attached hydrogens (primary N) is 1. The molecule has 2 N–H and O–H groups in total. The summed E-state index contributed by atoms with van der Waals surface area (Å²) in [7, 11) is 0. The summed E-state index contributed by atoms with van der Waals surface area (Å²) in [6, 6.07) is 10.4. The van der Waals surface area contributed by atoms with Crippen LogP contribution in [0.2, 0.25) is 5.02 Å². The van der Waals surface area contributed by atoms with E-state index in [9.17, 15) is 4.39 Å². The van der Waals surface area contributed by atoms with Gasteiger partial charge >= 0.3 is 0 Å². The van der Waals surface area contributed by atoms with Crippen molar-refractivity contribution in [2.24, 2.45) is 5.73 Å². The molecular formula is C16H17ClFNO. The van der Waals surface area contributed by atoms with Crippen molar-refractivity contribution in [3.63, 3.8) is 0 Å². The third-order valence-electron chi connectivity index (χ3n) is 3.07. The van der Waals surface area contributed by atoms with Gasteiger partial charge in [-0.2, -0.15) is 0 Å². The Bertz CT molecular complexity index is 613. The molecule has 1 unspecified atom stereocenters. The van der Waals surface area contributed by atoms with E-state index in [1.807, 2.05) is 32.0 Å². The molecule has 0 amide bonds. The van der Waals surface area contributed by atoms with Crippen LogP contribution in [0.1, 0.15) is 29.7 Å². The predicted molar refractivity (Wildman–Crippen MR) is 79.5 cm³/mol. The summed E-state index contributed by atoms with van der Waals surface area (Å²) in [6.07, 6.45) is 0. The second-order valence-electron chi connectivity index (χ2n) is 4.83. The SMILES string of the molecule is Cc1ccc(OCc2cccc(F)c2Cl)c(C(C)N)c1. The summed E-state index contributed by atoms with van der Waals surface area (Å²) in [6.45, 7) is 4.11. The minimum atomic E-state index is -0.441. The van der Waals surface area contributed by atoms with Gasteiger partial charge in [0.1, 0.15) is 18.2 Å². The fourth-order valence-corrected chi connectivity index (χ4v) is 2.15. The zero-order valence-electron chi connectivity index (χ0n) is 11.5. The van der Waals surface area contributed by atoms with Gasteiger partial charge in [-0.15, -0.1) is 0 Å². The van der Waals surface area contributed by atoms with E-state index in [-0.39, 0.29) is 17.7 Å². The van der Waals surface area contributed by atoms with Gasteiger partial charge in [0.15, 0.2) is 0 Å². The van der Waals surface area contributed by atoms with Crippen molar-refractivity contribution < 1.29 is 9.13 Å². The lowest BCUT2D eigenvalue weighted by molar-refractivity contribution is 0.301. The molecule has 2 rings (SSSR count). The van der Waals surface area contributed by atoms with E-state index < -0.39 is 5.82 Å². The number of hydrogen-bond acceptors (Lipinski definition) is 2. The highest BCUT2D eigenvalue weighted by molar-refractivity contribution is 6.31. The van der Waals surface area contributed by atoms with Crippen molar-refractivity contribution in [2.75, 3.05) is 0 Å². The standard InChI is InChI=1S/C16H17ClFNO/c1-10-6-7-15(13(8-10)11(2)19)20-9-12-4-3-5-14(18)16(12)17/h3-8,11H,9,19H2,1-2H3. The molecule has 2 nitrogen and oxygen atoms in total. The Balaban J connectivity index is 2.21. The maximum absolute atomic E-state index is 13.4. The van der Waals surface area contributed by atoms with Gasteiger partial charge in [0.2, 0.25) is 0 Å². The quantitative estimate of drug-likeness (QED) is 0.907. The summed E-state index contributed by atoms with van der Waals surface area (Å²) in [5.41, 5.74) is 8.60. The molecule has 0 bridgehead atoms. The lowest BCUT2D eigenvalue weighted by Gasteiger charge is -2.15. The maximum atomic E-state index is 13.4. The van der Waals surface area contributed by atoms with Crippen LogP contribution in [-0.4, -0.2) is 0 Å². The number of aryl methyl sites for hydroxylation is 1. The van der Waals surface area contributed by atoms with Crippen LogP contribution in [0.5, 0.6) is 5.75 Å². The lowest BCUT2D eigenvalue weighted by Crippen LogP contribution is -2.08. The minimum Gasteiger partial charge on any atom is -0.489 e. The first kappa shape index (κ1) is 14.8. The van der Waals surface area contributed by atoms with Crippen LogP contribution in [0.3, 0.4) is 0 Å². The smallest absolute Gasteiger partial charge is 0.142 e. The van der Waals surface area contributed by atoms with Crippen LogP contribution in [0, 0.1) is 12.7 Å². The van der Waals surface area contributed by atoms with Gasteiger partial charge in [-0.25, -0.2) is 4.39 Å². The van der Waals surface area contributed by atoms with Crippen molar-refractivity contribution in [2.45, 2.75) is 26.5 Å². The molecule has 4 heteroatoms. The van der Waals surface area contributed by atoms with Gasteiger partial charge in [0.25, 0.3) is 0 Å². The Hall–Kier alpha value is -1.58. The van der Waals surface area contributed by atoms with Gasteiger partial charge in [-0.1, -0.05) is 41.4 Å². The first-order valence-electron chi connectivity index (χ1n) is 6.41. The third-order valence-corrected chi connectivity index (χ3v) is 3.49. The fraction of sp³-hybridized carbons (Fsp3) is 0.250. The molecular weight excluding hydrogens is 277 g/mol. The molecule has 0 aliphatic carbocycles. The molecule has 0 saturated carbocycles. The summed E-state index contributed by atoms with van der Waals surface area (Å²) < 4.78 is 19.1. The van der Waals surface area contributed by atoms with Crippen molar-refractivity contribution in [3.05, 3.63) is 63.9 Å². The van der Waals surface area contributed by atoms with Crippen LogP contribution in [-0.2, 0) is 6.61 Å². The summed E-state index contributed by atoms with van der Waals surface area (Å²) in [4.78, 5) is 0. The van der Waals surface area contributed by atoms with E-state index in [2.05, 4.69) is 0 Å². The van der Waals surface area contributed by atoms with Gasteiger partial charge in [-0.3, -0.25) is 0 Å². The fourth-order valence-electron chi connectivity index (χ4n) is 1.97. The Morgan fingerprint density at radius 2 is 2.05 bits per heavy atom. The minimum absolute atomic E-state index is 0.0990. The van der Waals surface area contributed by atoms with E-state index in [4.69, 9.17) is 22.1 Å². The second kappa shape index (κ2) is 6.25. The molecule has 20 heavy (non-hydrogen) atoms. The molecule has 0 fully saturated rings. The molecule has 2 aromatic carbocycles. The van der Waals surface area contributed by atoms with E-state index in [1.54, 1.807) is 12.1 Å². The van der Waals surface area contributed by atoms with Crippen LogP contribution in [0.4, 0.5) is 4.39 Å². The molecule has 0 aliphatic rings. The largest absolute Gasteiger partial charge is 0.489 e. The monoisotopic (exact) mass is 293 g/mol. The summed E-state index contributed by atoms with van der Waals surface area (Å²) >= 11 is 5.91. The summed E-state index contributed by atoms with van der Waals surface area (Å²) in [5, 5.41) is 0.0990. The number of rotatable bonds is 4. The predicted octanol–water partition coefficient (Wildman–Crippen LogP) is 4.39. The normalized spacial score (nSPS) is 12.2. The summed E-state index contributed by atoms with van der Waals surface area (Å²) in [5.74, 6) is 0.259. The zero-order chi connectivity index (χ0) is 14.7. The molecule has 0 aliphatic heterocycles. The van der Waals surface area contributed by atoms with E-state index in [0.29, 0.717) is 11.3 Å². The molecule has 1 atom stereocenters. The Morgan fingerprint density at radius 1 is 1.30 bits per heavy atom.